The summed E-state index contributed by atoms with van der Waals surface area (Å²) in [5.74, 6) is -0.0154. The smallest absolute Gasteiger partial charge is 0.251 e. The molecule has 1 aliphatic heterocycles. The van der Waals surface area contributed by atoms with Gasteiger partial charge in [-0.2, -0.15) is 0 Å². The van der Waals surface area contributed by atoms with Crippen LogP contribution in [0.3, 0.4) is 0 Å². The van der Waals surface area contributed by atoms with Crippen molar-refractivity contribution in [2.24, 2.45) is 0 Å². The molecule has 1 atom stereocenters. The van der Waals surface area contributed by atoms with E-state index < -0.39 is 0 Å². The molecule has 0 saturated carbocycles. The third-order valence-electron chi connectivity index (χ3n) is 4.79. The Labute approximate surface area is 150 Å². The van der Waals surface area contributed by atoms with E-state index in [4.69, 9.17) is 0 Å². The lowest BCUT2D eigenvalue weighted by atomic mass is 10.1. The van der Waals surface area contributed by atoms with Crippen LogP contribution in [0.15, 0.2) is 54.6 Å². The van der Waals surface area contributed by atoms with Gasteiger partial charge >= 0.3 is 0 Å². The summed E-state index contributed by atoms with van der Waals surface area (Å²) in [6.07, 6.45) is 2.50. The lowest BCUT2D eigenvalue weighted by Crippen LogP contribution is -2.37. The molecular weight excluding hydrogens is 310 g/mol. The topological polar surface area (TPSA) is 35.6 Å². The van der Waals surface area contributed by atoms with Crippen LogP contribution >= 0.6 is 0 Å². The Bertz CT molecular complexity index is 676. The van der Waals surface area contributed by atoms with Crippen molar-refractivity contribution in [3.8, 4) is 0 Å². The van der Waals surface area contributed by atoms with Gasteiger partial charge in [0.05, 0.1) is 6.04 Å². The Balaban J connectivity index is 1.73. The highest BCUT2D eigenvalue weighted by molar-refractivity contribution is 5.94. The zero-order chi connectivity index (χ0) is 17.6. The highest BCUT2D eigenvalue weighted by atomic mass is 16.1. The molecule has 1 heterocycles. The van der Waals surface area contributed by atoms with Gasteiger partial charge in [-0.25, -0.2) is 0 Å². The summed E-state index contributed by atoms with van der Waals surface area (Å²) in [4.78, 5) is 17.2. The first kappa shape index (κ1) is 17.5. The highest BCUT2D eigenvalue weighted by Crippen LogP contribution is 2.19. The zero-order valence-electron chi connectivity index (χ0n) is 15.1. The Morgan fingerprint density at radius 1 is 1.04 bits per heavy atom. The minimum Gasteiger partial charge on any atom is -0.378 e. The molecule has 4 nitrogen and oxygen atoms in total. The van der Waals surface area contributed by atoms with Crippen molar-refractivity contribution in [3.05, 3.63) is 65.7 Å². The van der Waals surface area contributed by atoms with Gasteiger partial charge in [0.2, 0.25) is 0 Å². The number of hydrogen-bond donors (Lipinski definition) is 1. The van der Waals surface area contributed by atoms with Gasteiger partial charge in [0.15, 0.2) is 0 Å². The van der Waals surface area contributed by atoms with Gasteiger partial charge in [0, 0.05) is 31.9 Å². The molecule has 0 radical (unpaired) electrons. The van der Waals surface area contributed by atoms with Gasteiger partial charge in [0.25, 0.3) is 5.91 Å². The fourth-order valence-electron chi connectivity index (χ4n) is 3.30. The third-order valence-corrected chi connectivity index (χ3v) is 4.79. The molecule has 3 rings (SSSR count). The molecule has 0 bridgehead atoms. The van der Waals surface area contributed by atoms with E-state index in [0.717, 1.165) is 30.9 Å². The van der Waals surface area contributed by atoms with Gasteiger partial charge in [-0.1, -0.05) is 30.3 Å². The Morgan fingerprint density at radius 3 is 2.28 bits per heavy atom. The Hall–Kier alpha value is -2.33. The maximum absolute atomic E-state index is 12.7. The zero-order valence-corrected chi connectivity index (χ0v) is 15.1. The van der Waals surface area contributed by atoms with Gasteiger partial charge in [-0.05, 0) is 55.8 Å². The summed E-state index contributed by atoms with van der Waals surface area (Å²) in [7, 11) is 3.99. The van der Waals surface area contributed by atoms with E-state index in [1.54, 1.807) is 0 Å². The van der Waals surface area contributed by atoms with Crippen LogP contribution in [-0.2, 0) is 0 Å². The van der Waals surface area contributed by atoms with Gasteiger partial charge in [-0.3, -0.25) is 4.79 Å². The van der Waals surface area contributed by atoms with Crippen molar-refractivity contribution < 1.29 is 4.79 Å². The molecule has 1 unspecified atom stereocenters. The summed E-state index contributed by atoms with van der Waals surface area (Å²) in [5.41, 5.74) is 2.95. The molecule has 4 heteroatoms. The molecule has 0 aliphatic carbocycles. The fraction of sp³-hybridized carbons (Fsp3) is 0.381. The number of benzene rings is 2. The molecule has 1 N–H and O–H groups in total. The molecule has 1 amide bonds. The minimum atomic E-state index is -0.0154. The van der Waals surface area contributed by atoms with Crippen LogP contribution in [0.1, 0.15) is 34.8 Å². The Kier molecular flexibility index (Phi) is 5.71. The van der Waals surface area contributed by atoms with Crippen molar-refractivity contribution in [2.75, 3.05) is 38.6 Å². The van der Waals surface area contributed by atoms with Crippen LogP contribution in [-0.4, -0.2) is 44.5 Å². The van der Waals surface area contributed by atoms with E-state index in [9.17, 15) is 4.79 Å². The van der Waals surface area contributed by atoms with Crippen molar-refractivity contribution in [2.45, 2.75) is 18.9 Å². The molecule has 2 aromatic rings. The van der Waals surface area contributed by atoms with Crippen LogP contribution in [0.5, 0.6) is 0 Å². The number of carbonyl (C=O) groups is 1. The average molecular weight is 337 g/mol. The van der Waals surface area contributed by atoms with Crippen LogP contribution in [0, 0.1) is 0 Å². The number of rotatable bonds is 6. The number of nitrogens with zero attached hydrogens (tertiary/aromatic N) is 2. The van der Waals surface area contributed by atoms with Crippen molar-refractivity contribution in [1.82, 2.24) is 10.2 Å². The molecule has 0 spiro atoms. The number of nitrogens with one attached hydrogen (secondary N) is 1. The summed E-state index contributed by atoms with van der Waals surface area (Å²) < 4.78 is 0. The molecule has 0 aromatic heterocycles. The molecule has 132 valence electrons. The van der Waals surface area contributed by atoms with Crippen molar-refractivity contribution >= 4 is 11.6 Å². The largest absolute Gasteiger partial charge is 0.378 e. The Morgan fingerprint density at radius 2 is 1.68 bits per heavy atom. The predicted octanol–water partition coefficient (Wildman–Crippen LogP) is 3.32. The standard InChI is InChI=1S/C21H27N3O/c1-23(2)19-12-10-18(11-13-19)21(25)22-20(16-24-14-6-7-15-24)17-8-4-3-5-9-17/h3-5,8-13,20H,6-7,14-16H2,1-2H3,(H,22,25). The molecule has 1 aliphatic rings. The van der Waals surface area contributed by atoms with Crippen molar-refractivity contribution in [1.29, 1.82) is 0 Å². The van der Waals surface area contributed by atoms with Crippen LogP contribution in [0.4, 0.5) is 5.69 Å². The number of carbonyl (C=O) groups excluding carboxylic acids is 1. The van der Waals surface area contributed by atoms with E-state index in [1.807, 2.05) is 61.5 Å². The average Bonchev–Trinajstić information content (AvgIpc) is 3.15. The van der Waals surface area contributed by atoms with Crippen LogP contribution < -0.4 is 10.2 Å². The minimum absolute atomic E-state index is 0.0142. The number of hydrogen-bond acceptors (Lipinski definition) is 3. The lowest BCUT2D eigenvalue weighted by Gasteiger charge is -2.25. The highest BCUT2D eigenvalue weighted by Gasteiger charge is 2.21. The number of anilines is 1. The van der Waals surface area contributed by atoms with E-state index in [1.165, 1.54) is 12.8 Å². The van der Waals surface area contributed by atoms with E-state index in [-0.39, 0.29) is 11.9 Å². The molecule has 1 fully saturated rings. The first-order valence-corrected chi connectivity index (χ1v) is 8.99. The van der Waals surface area contributed by atoms with Crippen molar-refractivity contribution in [3.63, 3.8) is 0 Å². The summed E-state index contributed by atoms with van der Waals surface area (Å²) in [5, 5.41) is 3.23. The van der Waals surface area contributed by atoms with Gasteiger partial charge in [-0.15, -0.1) is 0 Å². The maximum Gasteiger partial charge on any atom is 0.251 e. The normalized spacial score (nSPS) is 15.8. The SMILES string of the molecule is CN(C)c1ccc(C(=O)NC(CN2CCCC2)c2ccccc2)cc1. The lowest BCUT2D eigenvalue weighted by molar-refractivity contribution is 0.0927. The second-order valence-corrected chi connectivity index (χ2v) is 6.89. The number of likely N-dealkylation sites (tertiary alicyclic amines) is 1. The van der Waals surface area contributed by atoms with E-state index in [0.29, 0.717) is 5.56 Å². The van der Waals surface area contributed by atoms with Gasteiger partial charge in [0.1, 0.15) is 0 Å². The number of amides is 1. The molecular formula is C21H27N3O. The second kappa shape index (κ2) is 8.17. The van der Waals surface area contributed by atoms with Gasteiger partial charge < -0.3 is 15.1 Å². The predicted molar refractivity (Wildman–Crippen MR) is 103 cm³/mol. The molecule has 1 saturated heterocycles. The maximum atomic E-state index is 12.7. The second-order valence-electron chi connectivity index (χ2n) is 6.89. The first-order valence-electron chi connectivity index (χ1n) is 8.99. The van der Waals surface area contributed by atoms with Crippen LogP contribution in [0.2, 0.25) is 0 Å². The molecule has 25 heavy (non-hydrogen) atoms. The van der Waals surface area contributed by atoms with E-state index >= 15 is 0 Å². The first-order chi connectivity index (χ1) is 12.1. The fourth-order valence-corrected chi connectivity index (χ4v) is 3.30. The summed E-state index contributed by atoms with van der Waals surface area (Å²) in [6, 6.07) is 18.0. The molecule has 2 aromatic carbocycles. The van der Waals surface area contributed by atoms with Crippen LogP contribution in [0.25, 0.3) is 0 Å². The third kappa shape index (κ3) is 4.60. The van der Waals surface area contributed by atoms with E-state index in [2.05, 4.69) is 22.3 Å². The quantitative estimate of drug-likeness (QED) is 0.878. The monoisotopic (exact) mass is 337 g/mol. The summed E-state index contributed by atoms with van der Waals surface area (Å²) in [6.45, 7) is 3.11. The summed E-state index contributed by atoms with van der Waals surface area (Å²) >= 11 is 0.